The number of ether oxygens (including phenoxy) is 1. The molecule has 0 amide bonds. The van der Waals surface area contributed by atoms with Crippen LogP contribution in [0, 0.1) is 24.7 Å². The predicted octanol–water partition coefficient (Wildman–Crippen LogP) is 3.44. The minimum absolute atomic E-state index is 0.652. The standard InChI is InChI=1S/C16H10O/c1-3-13-10-14(4-2)12-16(11-13)17-15-8-6-5-7-9-15/h1-2,5-12H. The van der Waals surface area contributed by atoms with Crippen LogP contribution in [0.25, 0.3) is 0 Å². The zero-order valence-electron chi connectivity index (χ0n) is 9.18. The predicted molar refractivity (Wildman–Crippen MR) is 68.8 cm³/mol. The van der Waals surface area contributed by atoms with Crippen molar-refractivity contribution >= 4 is 0 Å². The minimum atomic E-state index is 0.652. The van der Waals surface area contributed by atoms with Crippen molar-refractivity contribution in [1.29, 1.82) is 0 Å². The molecule has 0 heterocycles. The Morgan fingerprint density at radius 1 is 0.765 bits per heavy atom. The largest absolute Gasteiger partial charge is 0.457 e. The van der Waals surface area contributed by atoms with E-state index in [2.05, 4.69) is 11.8 Å². The van der Waals surface area contributed by atoms with E-state index in [1.165, 1.54) is 0 Å². The highest BCUT2D eigenvalue weighted by Crippen LogP contribution is 2.23. The van der Waals surface area contributed by atoms with Gasteiger partial charge in [0.15, 0.2) is 0 Å². The monoisotopic (exact) mass is 218 g/mol. The number of benzene rings is 2. The van der Waals surface area contributed by atoms with Crippen molar-refractivity contribution in [1.82, 2.24) is 0 Å². The summed E-state index contributed by atoms with van der Waals surface area (Å²) in [6.07, 6.45) is 10.7. The van der Waals surface area contributed by atoms with Gasteiger partial charge in [-0.3, -0.25) is 0 Å². The zero-order chi connectivity index (χ0) is 12.1. The van der Waals surface area contributed by atoms with E-state index in [0.717, 1.165) is 5.75 Å². The highest BCUT2D eigenvalue weighted by Gasteiger charge is 2.00. The summed E-state index contributed by atoms with van der Waals surface area (Å²) >= 11 is 0. The van der Waals surface area contributed by atoms with Crippen LogP contribution in [0.3, 0.4) is 0 Å². The number of hydrogen-bond acceptors (Lipinski definition) is 1. The second kappa shape index (κ2) is 4.92. The van der Waals surface area contributed by atoms with Crippen molar-refractivity contribution in [2.24, 2.45) is 0 Å². The van der Waals surface area contributed by atoms with E-state index >= 15 is 0 Å². The van der Waals surface area contributed by atoms with E-state index in [1.807, 2.05) is 30.3 Å². The van der Waals surface area contributed by atoms with E-state index in [9.17, 15) is 0 Å². The molecule has 0 aliphatic heterocycles. The molecule has 2 aromatic rings. The zero-order valence-corrected chi connectivity index (χ0v) is 9.18. The van der Waals surface area contributed by atoms with Crippen molar-refractivity contribution in [3.63, 3.8) is 0 Å². The molecule has 0 saturated carbocycles. The van der Waals surface area contributed by atoms with E-state index < -0.39 is 0 Å². The molecule has 0 N–H and O–H groups in total. The van der Waals surface area contributed by atoms with Crippen LogP contribution in [0.2, 0.25) is 0 Å². The summed E-state index contributed by atoms with van der Waals surface area (Å²) in [6.45, 7) is 0. The average molecular weight is 218 g/mol. The number of para-hydroxylation sites is 1. The molecule has 0 aliphatic carbocycles. The Hall–Kier alpha value is -2.64. The Balaban J connectivity index is 2.34. The van der Waals surface area contributed by atoms with Crippen LogP contribution in [0.15, 0.2) is 48.5 Å². The molecule has 0 aromatic heterocycles. The van der Waals surface area contributed by atoms with Crippen molar-refractivity contribution in [2.45, 2.75) is 0 Å². The van der Waals surface area contributed by atoms with Crippen molar-refractivity contribution in [3.05, 3.63) is 59.7 Å². The van der Waals surface area contributed by atoms with Crippen LogP contribution < -0.4 is 4.74 Å². The van der Waals surface area contributed by atoms with Gasteiger partial charge < -0.3 is 4.74 Å². The third kappa shape index (κ3) is 2.68. The van der Waals surface area contributed by atoms with Gasteiger partial charge in [0.2, 0.25) is 0 Å². The first-order chi connectivity index (χ1) is 8.31. The lowest BCUT2D eigenvalue weighted by Crippen LogP contribution is -1.87. The Morgan fingerprint density at radius 2 is 1.35 bits per heavy atom. The van der Waals surface area contributed by atoms with Crippen LogP contribution in [0.1, 0.15) is 11.1 Å². The van der Waals surface area contributed by atoms with Crippen LogP contribution >= 0.6 is 0 Å². The molecule has 17 heavy (non-hydrogen) atoms. The molecule has 0 bridgehead atoms. The molecule has 0 spiro atoms. The van der Waals surface area contributed by atoms with Crippen LogP contribution in [0.5, 0.6) is 11.5 Å². The van der Waals surface area contributed by atoms with Crippen LogP contribution in [-0.2, 0) is 0 Å². The lowest BCUT2D eigenvalue weighted by Gasteiger charge is -2.06. The summed E-state index contributed by atoms with van der Waals surface area (Å²) < 4.78 is 5.67. The molecule has 0 aliphatic rings. The van der Waals surface area contributed by atoms with Gasteiger partial charge in [-0.15, -0.1) is 12.8 Å². The third-order valence-electron chi connectivity index (χ3n) is 2.22. The van der Waals surface area contributed by atoms with E-state index in [-0.39, 0.29) is 0 Å². The van der Waals surface area contributed by atoms with Gasteiger partial charge in [-0.05, 0) is 30.3 Å². The van der Waals surface area contributed by atoms with Gasteiger partial charge in [0, 0.05) is 11.1 Å². The normalized spacial score (nSPS) is 9.06. The van der Waals surface area contributed by atoms with Gasteiger partial charge >= 0.3 is 0 Å². The van der Waals surface area contributed by atoms with E-state index in [4.69, 9.17) is 17.6 Å². The Morgan fingerprint density at radius 3 is 1.88 bits per heavy atom. The second-order valence-electron chi connectivity index (χ2n) is 3.45. The summed E-state index contributed by atoms with van der Waals surface area (Å²) in [4.78, 5) is 0. The van der Waals surface area contributed by atoms with Gasteiger partial charge in [0.25, 0.3) is 0 Å². The van der Waals surface area contributed by atoms with Gasteiger partial charge in [0.05, 0.1) is 0 Å². The fourth-order valence-electron chi connectivity index (χ4n) is 1.45. The molecule has 2 rings (SSSR count). The topological polar surface area (TPSA) is 9.23 Å². The maximum absolute atomic E-state index is 5.67. The molecule has 2 aromatic carbocycles. The van der Waals surface area contributed by atoms with Gasteiger partial charge in [-0.1, -0.05) is 30.0 Å². The second-order valence-corrected chi connectivity index (χ2v) is 3.45. The first kappa shape index (κ1) is 10.9. The Labute approximate surface area is 101 Å². The fraction of sp³-hybridized carbons (Fsp3) is 0. The Bertz CT molecular complexity index is 565. The first-order valence-electron chi connectivity index (χ1n) is 5.13. The number of rotatable bonds is 2. The molecule has 0 saturated heterocycles. The molecule has 0 fully saturated rings. The molecule has 0 unspecified atom stereocenters. The lowest BCUT2D eigenvalue weighted by molar-refractivity contribution is 0.482. The molecule has 80 valence electrons. The maximum Gasteiger partial charge on any atom is 0.129 e. The molecular formula is C16H10O. The smallest absolute Gasteiger partial charge is 0.129 e. The van der Waals surface area contributed by atoms with Crippen molar-refractivity contribution in [3.8, 4) is 36.2 Å². The van der Waals surface area contributed by atoms with Gasteiger partial charge in [-0.2, -0.15) is 0 Å². The minimum Gasteiger partial charge on any atom is -0.457 e. The quantitative estimate of drug-likeness (QED) is 0.701. The first-order valence-corrected chi connectivity index (χ1v) is 5.13. The Kier molecular flexibility index (Phi) is 3.15. The SMILES string of the molecule is C#Cc1cc(C#C)cc(Oc2ccccc2)c1. The summed E-state index contributed by atoms with van der Waals surface area (Å²) in [6, 6.07) is 14.8. The number of terminal acetylenes is 2. The molecule has 1 heteroatoms. The highest BCUT2D eigenvalue weighted by molar-refractivity contribution is 5.48. The summed E-state index contributed by atoms with van der Waals surface area (Å²) in [5.74, 6) is 6.51. The van der Waals surface area contributed by atoms with E-state index in [0.29, 0.717) is 16.9 Å². The lowest BCUT2D eigenvalue weighted by atomic mass is 10.1. The van der Waals surface area contributed by atoms with Crippen LogP contribution in [-0.4, -0.2) is 0 Å². The fourth-order valence-corrected chi connectivity index (χ4v) is 1.45. The van der Waals surface area contributed by atoms with Crippen molar-refractivity contribution < 1.29 is 4.74 Å². The van der Waals surface area contributed by atoms with E-state index in [1.54, 1.807) is 18.2 Å². The summed E-state index contributed by atoms with van der Waals surface area (Å²) in [5, 5.41) is 0. The third-order valence-corrected chi connectivity index (χ3v) is 2.22. The van der Waals surface area contributed by atoms with Crippen molar-refractivity contribution in [2.75, 3.05) is 0 Å². The molecule has 1 nitrogen and oxygen atoms in total. The number of hydrogen-bond donors (Lipinski definition) is 0. The summed E-state index contributed by atoms with van der Waals surface area (Å²) in [5.41, 5.74) is 1.43. The maximum atomic E-state index is 5.67. The molecule has 0 atom stereocenters. The van der Waals surface area contributed by atoms with Crippen LogP contribution in [0.4, 0.5) is 0 Å². The van der Waals surface area contributed by atoms with Gasteiger partial charge in [-0.25, -0.2) is 0 Å². The average Bonchev–Trinajstić information content (AvgIpc) is 2.39. The van der Waals surface area contributed by atoms with Gasteiger partial charge in [0.1, 0.15) is 11.5 Å². The highest BCUT2D eigenvalue weighted by atomic mass is 16.5. The molecular weight excluding hydrogens is 208 g/mol. The summed E-state index contributed by atoms with van der Waals surface area (Å²) in [7, 11) is 0. The molecule has 0 radical (unpaired) electrons.